The Morgan fingerprint density at radius 2 is 1.53 bits per heavy atom. The molecule has 0 aromatic heterocycles. The highest BCUT2D eigenvalue weighted by Gasteiger charge is 2.36. The van der Waals surface area contributed by atoms with Crippen molar-refractivity contribution in [2.45, 2.75) is 66.0 Å². The molecule has 156 valence electrons. The standard InChI is InChI=1S/C28H33NO/c1-17(2)23-12-14-24(15-13-23)26-21(6)30-28-19(4)18(3)27(20(5)25(26)28)29-16-22-10-8-7-9-11-22/h7-15,17,21,26,29H,16H2,1-6H3/t21-,26-/m1/s1. The summed E-state index contributed by atoms with van der Waals surface area (Å²) in [5.74, 6) is 1.89. The maximum Gasteiger partial charge on any atom is 0.127 e. The van der Waals surface area contributed by atoms with Crippen molar-refractivity contribution in [1.29, 1.82) is 0 Å². The molecule has 2 atom stereocenters. The van der Waals surface area contributed by atoms with Gasteiger partial charge in [-0.15, -0.1) is 0 Å². The maximum absolute atomic E-state index is 6.43. The Morgan fingerprint density at radius 3 is 2.17 bits per heavy atom. The molecule has 0 saturated heterocycles. The van der Waals surface area contributed by atoms with Gasteiger partial charge in [0.2, 0.25) is 0 Å². The molecule has 0 amide bonds. The molecule has 0 saturated carbocycles. The van der Waals surface area contributed by atoms with Gasteiger partial charge in [-0.05, 0) is 67.0 Å². The van der Waals surface area contributed by atoms with Crippen LogP contribution in [0.4, 0.5) is 5.69 Å². The van der Waals surface area contributed by atoms with Crippen LogP contribution in [-0.2, 0) is 6.54 Å². The van der Waals surface area contributed by atoms with E-state index in [1.54, 1.807) is 0 Å². The average Bonchev–Trinajstić information content (AvgIpc) is 3.10. The largest absolute Gasteiger partial charge is 0.489 e. The molecule has 4 rings (SSSR count). The van der Waals surface area contributed by atoms with E-state index in [1.807, 2.05) is 0 Å². The van der Waals surface area contributed by atoms with E-state index in [4.69, 9.17) is 4.74 Å². The molecular formula is C28H33NO. The Labute approximate surface area is 181 Å². The molecule has 0 spiro atoms. The Bertz CT molecular complexity index is 1030. The third-order valence-electron chi connectivity index (χ3n) is 6.66. The summed E-state index contributed by atoms with van der Waals surface area (Å²) in [6.07, 6.45) is 0.131. The smallest absolute Gasteiger partial charge is 0.127 e. The lowest BCUT2D eigenvalue weighted by molar-refractivity contribution is 0.237. The lowest BCUT2D eigenvalue weighted by atomic mass is 9.83. The van der Waals surface area contributed by atoms with Gasteiger partial charge >= 0.3 is 0 Å². The van der Waals surface area contributed by atoms with Crippen molar-refractivity contribution in [3.05, 3.63) is 93.5 Å². The molecule has 1 aliphatic rings. The lowest BCUT2D eigenvalue weighted by Gasteiger charge is -2.21. The molecule has 1 N–H and O–H groups in total. The Balaban J connectivity index is 1.74. The van der Waals surface area contributed by atoms with Gasteiger partial charge < -0.3 is 10.1 Å². The van der Waals surface area contributed by atoms with Crippen molar-refractivity contribution < 1.29 is 4.74 Å². The maximum atomic E-state index is 6.43. The number of benzene rings is 3. The minimum absolute atomic E-state index is 0.131. The number of fused-ring (bicyclic) bond motifs is 1. The molecule has 30 heavy (non-hydrogen) atoms. The van der Waals surface area contributed by atoms with Crippen LogP contribution in [0.3, 0.4) is 0 Å². The fourth-order valence-corrected chi connectivity index (χ4v) is 4.74. The van der Waals surface area contributed by atoms with Gasteiger partial charge in [-0.1, -0.05) is 68.4 Å². The van der Waals surface area contributed by atoms with Gasteiger partial charge in [0.05, 0.1) is 0 Å². The van der Waals surface area contributed by atoms with Crippen LogP contribution in [0, 0.1) is 20.8 Å². The average molecular weight is 400 g/mol. The number of hydrogen-bond acceptors (Lipinski definition) is 2. The van der Waals surface area contributed by atoms with Gasteiger partial charge in [-0.25, -0.2) is 0 Å². The van der Waals surface area contributed by atoms with Crippen molar-refractivity contribution in [2.24, 2.45) is 0 Å². The summed E-state index contributed by atoms with van der Waals surface area (Å²) >= 11 is 0. The number of rotatable bonds is 5. The van der Waals surface area contributed by atoms with E-state index in [-0.39, 0.29) is 12.0 Å². The van der Waals surface area contributed by atoms with Crippen LogP contribution in [0.2, 0.25) is 0 Å². The first-order chi connectivity index (χ1) is 14.4. The Hall–Kier alpha value is -2.74. The highest BCUT2D eigenvalue weighted by molar-refractivity contribution is 5.70. The summed E-state index contributed by atoms with van der Waals surface area (Å²) < 4.78 is 6.43. The second-order valence-corrected chi connectivity index (χ2v) is 8.95. The highest BCUT2D eigenvalue weighted by Crippen LogP contribution is 2.49. The molecule has 1 heterocycles. The molecule has 0 unspecified atom stereocenters. The van der Waals surface area contributed by atoms with Crippen LogP contribution in [0.15, 0.2) is 54.6 Å². The summed E-state index contributed by atoms with van der Waals surface area (Å²) in [7, 11) is 0. The van der Waals surface area contributed by atoms with E-state index in [0.717, 1.165) is 12.3 Å². The van der Waals surface area contributed by atoms with Gasteiger partial charge in [-0.3, -0.25) is 0 Å². The third-order valence-corrected chi connectivity index (χ3v) is 6.66. The number of anilines is 1. The van der Waals surface area contributed by atoms with Crippen molar-refractivity contribution in [1.82, 2.24) is 0 Å². The minimum atomic E-state index is 0.131. The van der Waals surface area contributed by atoms with E-state index in [2.05, 4.69) is 101 Å². The molecule has 3 aromatic carbocycles. The zero-order valence-electron chi connectivity index (χ0n) is 19.0. The van der Waals surface area contributed by atoms with Gasteiger partial charge in [0.1, 0.15) is 11.9 Å². The quantitative estimate of drug-likeness (QED) is 0.487. The van der Waals surface area contributed by atoms with E-state index < -0.39 is 0 Å². The lowest BCUT2D eigenvalue weighted by Crippen LogP contribution is -2.16. The second kappa shape index (κ2) is 8.18. The Kier molecular flexibility index (Phi) is 5.60. The van der Waals surface area contributed by atoms with Gasteiger partial charge in [0.25, 0.3) is 0 Å². The first-order valence-corrected chi connectivity index (χ1v) is 11.1. The topological polar surface area (TPSA) is 21.3 Å². The molecule has 0 bridgehead atoms. The summed E-state index contributed by atoms with van der Waals surface area (Å²) in [5.41, 5.74) is 10.4. The second-order valence-electron chi connectivity index (χ2n) is 8.95. The van der Waals surface area contributed by atoms with Gasteiger partial charge in [-0.2, -0.15) is 0 Å². The SMILES string of the molecule is Cc1c(C)c2c(c(C)c1NCc1ccccc1)[C@@H](c1ccc(C(C)C)cc1)[C@@H](C)O2. The van der Waals surface area contributed by atoms with Crippen molar-refractivity contribution in [3.63, 3.8) is 0 Å². The van der Waals surface area contributed by atoms with Crippen LogP contribution in [0.1, 0.15) is 71.6 Å². The van der Waals surface area contributed by atoms with Gasteiger partial charge in [0.15, 0.2) is 0 Å². The van der Waals surface area contributed by atoms with Crippen LogP contribution >= 0.6 is 0 Å². The molecular weight excluding hydrogens is 366 g/mol. The van der Waals surface area contributed by atoms with Crippen molar-refractivity contribution >= 4 is 5.69 Å². The van der Waals surface area contributed by atoms with Crippen LogP contribution in [0.25, 0.3) is 0 Å². The summed E-state index contributed by atoms with van der Waals surface area (Å²) in [4.78, 5) is 0. The summed E-state index contributed by atoms with van der Waals surface area (Å²) in [5, 5.41) is 3.72. The molecule has 0 aliphatic carbocycles. The molecule has 0 radical (unpaired) electrons. The number of ether oxygens (including phenoxy) is 1. The predicted molar refractivity (Wildman–Crippen MR) is 127 cm³/mol. The van der Waals surface area contributed by atoms with E-state index in [0.29, 0.717) is 5.92 Å². The molecule has 2 nitrogen and oxygen atoms in total. The summed E-state index contributed by atoms with van der Waals surface area (Å²) in [6, 6.07) is 19.7. The predicted octanol–water partition coefficient (Wildman–Crippen LogP) is 7.26. The fourth-order valence-electron chi connectivity index (χ4n) is 4.74. The minimum Gasteiger partial charge on any atom is -0.489 e. The number of nitrogens with one attached hydrogen (secondary N) is 1. The van der Waals surface area contributed by atoms with E-state index >= 15 is 0 Å². The molecule has 0 fully saturated rings. The molecule has 2 heteroatoms. The number of hydrogen-bond donors (Lipinski definition) is 1. The molecule has 3 aromatic rings. The third kappa shape index (κ3) is 3.60. The van der Waals surface area contributed by atoms with Crippen LogP contribution < -0.4 is 10.1 Å². The summed E-state index contributed by atoms with van der Waals surface area (Å²) in [6.45, 7) is 14.2. The first kappa shape index (κ1) is 20.5. The van der Waals surface area contributed by atoms with E-state index in [9.17, 15) is 0 Å². The zero-order chi connectivity index (χ0) is 21.4. The first-order valence-electron chi connectivity index (χ1n) is 11.1. The Morgan fingerprint density at radius 1 is 0.867 bits per heavy atom. The molecule has 1 aliphatic heterocycles. The zero-order valence-corrected chi connectivity index (χ0v) is 19.0. The highest BCUT2D eigenvalue weighted by atomic mass is 16.5. The normalized spacial score (nSPS) is 17.7. The van der Waals surface area contributed by atoms with Crippen LogP contribution in [-0.4, -0.2) is 6.10 Å². The van der Waals surface area contributed by atoms with Gasteiger partial charge in [0, 0.05) is 23.7 Å². The fraction of sp³-hybridized carbons (Fsp3) is 0.357. The van der Waals surface area contributed by atoms with Crippen molar-refractivity contribution in [2.75, 3.05) is 5.32 Å². The van der Waals surface area contributed by atoms with Crippen LogP contribution in [0.5, 0.6) is 5.75 Å². The van der Waals surface area contributed by atoms with Crippen molar-refractivity contribution in [3.8, 4) is 5.75 Å². The monoisotopic (exact) mass is 399 g/mol. The van der Waals surface area contributed by atoms with E-state index in [1.165, 1.54) is 44.6 Å².